The largest absolute Gasteiger partial charge is 0.388 e. The maximum atomic E-state index is 11.8. The highest BCUT2D eigenvalue weighted by Crippen LogP contribution is 2.27. The van der Waals surface area contributed by atoms with Crippen molar-refractivity contribution in [3.05, 3.63) is 0 Å². The number of carbonyl (C=O) groups is 2. The van der Waals surface area contributed by atoms with Gasteiger partial charge in [0.15, 0.2) is 0 Å². The van der Waals surface area contributed by atoms with Crippen LogP contribution in [0.4, 0.5) is 0 Å². The van der Waals surface area contributed by atoms with E-state index in [4.69, 9.17) is 0 Å². The van der Waals surface area contributed by atoms with Gasteiger partial charge in [-0.15, -0.1) is 0 Å². The molecule has 0 saturated heterocycles. The Bertz CT molecular complexity index is 359. The minimum Gasteiger partial charge on any atom is -0.388 e. The number of nitrogens with one attached hydrogen (secondary N) is 2. The third-order valence-corrected chi connectivity index (χ3v) is 4.78. The predicted octanol–water partition coefficient (Wildman–Crippen LogP) is 1.49. The highest BCUT2D eigenvalue weighted by molar-refractivity contribution is 5.80. The van der Waals surface area contributed by atoms with Crippen LogP contribution in [0.25, 0.3) is 0 Å². The van der Waals surface area contributed by atoms with E-state index < -0.39 is 5.60 Å². The summed E-state index contributed by atoms with van der Waals surface area (Å²) in [6.45, 7) is 0.724. The summed E-state index contributed by atoms with van der Waals surface area (Å²) in [6.07, 6.45) is 9.29. The molecule has 0 radical (unpaired) electrons. The topological polar surface area (TPSA) is 78.4 Å². The molecule has 2 rings (SSSR count). The third kappa shape index (κ3) is 5.30. The van der Waals surface area contributed by atoms with Crippen molar-refractivity contribution in [1.29, 1.82) is 0 Å². The quantitative estimate of drug-likeness (QED) is 0.695. The van der Waals surface area contributed by atoms with E-state index >= 15 is 0 Å². The maximum Gasteiger partial charge on any atom is 0.223 e. The first kappa shape index (κ1) is 16.3. The molecule has 0 aliphatic heterocycles. The number of amides is 2. The van der Waals surface area contributed by atoms with Crippen LogP contribution >= 0.6 is 0 Å². The van der Waals surface area contributed by atoms with E-state index in [1.807, 2.05) is 0 Å². The van der Waals surface area contributed by atoms with Crippen LogP contribution in [0.5, 0.6) is 0 Å². The van der Waals surface area contributed by atoms with Crippen LogP contribution in [0.3, 0.4) is 0 Å². The van der Waals surface area contributed by atoms with E-state index in [0.717, 1.165) is 51.4 Å². The average molecular weight is 296 g/mol. The maximum absolute atomic E-state index is 11.8. The van der Waals surface area contributed by atoms with Crippen LogP contribution in [0.2, 0.25) is 0 Å². The van der Waals surface area contributed by atoms with Gasteiger partial charge in [-0.3, -0.25) is 9.59 Å². The molecule has 0 heterocycles. The molecule has 2 saturated carbocycles. The smallest absolute Gasteiger partial charge is 0.223 e. The van der Waals surface area contributed by atoms with Crippen LogP contribution in [0.15, 0.2) is 0 Å². The highest BCUT2D eigenvalue weighted by Gasteiger charge is 2.29. The Hall–Kier alpha value is -1.10. The van der Waals surface area contributed by atoms with E-state index in [2.05, 4.69) is 10.6 Å². The molecule has 5 nitrogen and oxygen atoms in total. The van der Waals surface area contributed by atoms with Gasteiger partial charge in [0.05, 0.1) is 5.60 Å². The molecule has 2 fully saturated rings. The van der Waals surface area contributed by atoms with Crippen molar-refractivity contribution < 1.29 is 14.7 Å². The molecule has 0 spiro atoms. The van der Waals surface area contributed by atoms with Crippen molar-refractivity contribution in [2.24, 2.45) is 5.92 Å². The second kappa shape index (κ2) is 7.78. The summed E-state index contributed by atoms with van der Waals surface area (Å²) in [5.41, 5.74) is -0.721. The Kier molecular flexibility index (Phi) is 6.03. The van der Waals surface area contributed by atoms with Gasteiger partial charge >= 0.3 is 0 Å². The minimum absolute atomic E-state index is 0.0891. The Morgan fingerprint density at radius 2 is 1.67 bits per heavy atom. The van der Waals surface area contributed by atoms with Gasteiger partial charge in [0, 0.05) is 25.4 Å². The summed E-state index contributed by atoms with van der Waals surface area (Å²) in [4.78, 5) is 23.6. The van der Waals surface area contributed by atoms with Gasteiger partial charge in [0.1, 0.15) is 0 Å². The third-order valence-electron chi connectivity index (χ3n) is 4.78. The van der Waals surface area contributed by atoms with E-state index in [9.17, 15) is 14.7 Å². The number of hydrogen-bond donors (Lipinski definition) is 3. The fourth-order valence-electron chi connectivity index (χ4n) is 3.37. The van der Waals surface area contributed by atoms with E-state index in [0.29, 0.717) is 13.1 Å². The van der Waals surface area contributed by atoms with Gasteiger partial charge in [-0.25, -0.2) is 0 Å². The SMILES string of the molecule is O=C(CCNC(=O)C1CCCC1)NCC1(O)CCCCC1. The molecule has 2 amide bonds. The summed E-state index contributed by atoms with van der Waals surface area (Å²) in [5.74, 6) is 0.142. The molecule has 0 aromatic rings. The molecule has 2 aliphatic rings. The summed E-state index contributed by atoms with van der Waals surface area (Å²) in [7, 11) is 0. The van der Waals surface area contributed by atoms with Crippen molar-refractivity contribution in [3.63, 3.8) is 0 Å². The van der Waals surface area contributed by atoms with Gasteiger partial charge in [-0.2, -0.15) is 0 Å². The van der Waals surface area contributed by atoms with E-state index in [1.54, 1.807) is 0 Å². The van der Waals surface area contributed by atoms with E-state index in [1.165, 1.54) is 6.42 Å². The second-order valence-electron chi connectivity index (χ2n) is 6.58. The van der Waals surface area contributed by atoms with Gasteiger partial charge in [0.2, 0.25) is 11.8 Å². The lowest BCUT2D eigenvalue weighted by atomic mass is 9.85. The number of hydrogen-bond acceptors (Lipinski definition) is 3. The van der Waals surface area contributed by atoms with Gasteiger partial charge in [-0.05, 0) is 25.7 Å². The van der Waals surface area contributed by atoms with Crippen molar-refractivity contribution in [3.8, 4) is 0 Å². The van der Waals surface area contributed by atoms with Crippen LogP contribution < -0.4 is 10.6 Å². The van der Waals surface area contributed by atoms with Crippen molar-refractivity contribution >= 4 is 11.8 Å². The first-order chi connectivity index (χ1) is 10.1. The van der Waals surface area contributed by atoms with Crippen molar-refractivity contribution in [2.75, 3.05) is 13.1 Å². The van der Waals surface area contributed by atoms with Crippen molar-refractivity contribution in [1.82, 2.24) is 10.6 Å². The summed E-state index contributed by atoms with van der Waals surface area (Å²) < 4.78 is 0. The first-order valence-electron chi connectivity index (χ1n) is 8.36. The second-order valence-corrected chi connectivity index (χ2v) is 6.58. The first-order valence-corrected chi connectivity index (χ1v) is 8.36. The molecular weight excluding hydrogens is 268 g/mol. The van der Waals surface area contributed by atoms with Crippen LogP contribution in [-0.4, -0.2) is 35.6 Å². The normalized spacial score (nSPS) is 22.0. The zero-order valence-corrected chi connectivity index (χ0v) is 12.8. The Balaban J connectivity index is 1.57. The predicted molar refractivity (Wildman–Crippen MR) is 80.6 cm³/mol. The Morgan fingerprint density at radius 3 is 2.33 bits per heavy atom. The number of rotatable bonds is 6. The monoisotopic (exact) mass is 296 g/mol. The molecule has 3 N–H and O–H groups in total. The fraction of sp³-hybridized carbons (Fsp3) is 0.875. The van der Waals surface area contributed by atoms with Crippen LogP contribution in [0, 0.1) is 5.92 Å². The Morgan fingerprint density at radius 1 is 1.00 bits per heavy atom. The summed E-state index contributed by atoms with van der Waals surface area (Å²) >= 11 is 0. The van der Waals surface area contributed by atoms with Gasteiger partial charge < -0.3 is 15.7 Å². The minimum atomic E-state index is -0.721. The molecule has 0 atom stereocenters. The molecule has 0 aromatic heterocycles. The molecule has 5 heteroatoms. The van der Waals surface area contributed by atoms with E-state index in [-0.39, 0.29) is 24.2 Å². The summed E-state index contributed by atoms with van der Waals surface area (Å²) in [6, 6.07) is 0. The number of carbonyl (C=O) groups excluding carboxylic acids is 2. The molecular formula is C16H28N2O3. The lowest BCUT2D eigenvalue weighted by Gasteiger charge is -2.32. The molecule has 0 unspecified atom stereocenters. The molecule has 0 aromatic carbocycles. The molecule has 120 valence electrons. The zero-order valence-electron chi connectivity index (χ0n) is 12.8. The Labute approximate surface area is 126 Å². The number of aliphatic hydroxyl groups is 1. The van der Waals surface area contributed by atoms with Gasteiger partial charge in [0.25, 0.3) is 0 Å². The molecule has 2 aliphatic carbocycles. The van der Waals surface area contributed by atoms with Crippen LogP contribution in [-0.2, 0) is 9.59 Å². The lowest BCUT2D eigenvalue weighted by molar-refractivity contribution is -0.125. The lowest BCUT2D eigenvalue weighted by Crippen LogP contribution is -2.44. The molecule has 21 heavy (non-hydrogen) atoms. The fourth-order valence-corrected chi connectivity index (χ4v) is 3.37. The van der Waals surface area contributed by atoms with Crippen LogP contribution in [0.1, 0.15) is 64.2 Å². The summed E-state index contributed by atoms with van der Waals surface area (Å²) in [5, 5.41) is 15.9. The van der Waals surface area contributed by atoms with Crippen molar-refractivity contribution in [2.45, 2.75) is 69.8 Å². The highest BCUT2D eigenvalue weighted by atomic mass is 16.3. The standard InChI is InChI=1S/C16H28N2O3/c19-14(18-12-16(21)9-4-1-5-10-16)8-11-17-15(20)13-6-2-3-7-13/h13,21H,1-12H2,(H,17,20)(H,18,19). The van der Waals surface area contributed by atoms with Gasteiger partial charge in [-0.1, -0.05) is 32.1 Å². The average Bonchev–Trinajstić information content (AvgIpc) is 3.00. The zero-order chi connectivity index (χ0) is 15.1. The molecule has 0 bridgehead atoms.